The molecule has 1 heteroatoms. The van der Waals surface area contributed by atoms with Gasteiger partial charge in [0.15, 0.2) is 0 Å². The summed E-state index contributed by atoms with van der Waals surface area (Å²) in [5, 5.41) is 0. The summed E-state index contributed by atoms with van der Waals surface area (Å²) in [5.41, 5.74) is 3.53. The molecule has 0 radical (unpaired) electrons. The summed E-state index contributed by atoms with van der Waals surface area (Å²) in [7, 11) is 0. The summed E-state index contributed by atoms with van der Waals surface area (Å²) in [6.45, 7) is 13.7. The minimum Gasteiger partial charge on any atom is -0.0996 e. The zero-order valence-electron chi connectivity index (χ0n) is 12.1. The topological polar surface area (TPSA) is 0 Å². The lowest BCUT2D eigenvalue weighted by Gasteiger charge is -2.17. The largest absolute Gasteiger partial charge is 0.241 e. The number of benzene rings is 1. The predicted molar refractivity (Wildman–Crippen MR) is 93.4 cm³/mol. The summed E-state index contributed by atoms with van der Waals surface area (Å²) in [4.78, 5) is 0. The van der Waals surface area contributed by atoms with Gasteiger partial charge in [-0.1, -0.05) is 109 Å². The van der Waals surface area contributed by atoms with Gasteiger partial charge in [-0.2, -0.15) is 0 Å². The fourth-order valence-electron chi connectivity index (χ4n) is 2.22. The molecule has 0 amide bonds. The second-order valence-electron chi connectivity index (χ2n) is 4.35. The van der Waals surface area contributed by atoms with Gasteiger partial charge in [0.25, 0.3) is 0 Å². The highest BCUT2D eigenvalue weighted by Crippen LogP contribution is 2.14. The number of hydrogen-bond donors (Lipinski definition) is 0. The molecule has 0 spiro atoms. The molecule has 1 rings (SSSR count). The second kappa shape index (κ2) is 8.76. The maximum absolute atomic E-state index is 3.94. The van der Waals surface area contributed by atoms with Crippen LogP contribution in [-0.2, 0) is 0 Å². The lowest BCUT2D eigenvalue weighted by molar-refractivity contribution is 1.66. The average molecular weight is 260 g/mol. The third-order valence-corrected chi connectivity index (χ3v) is 3.01. The zero-order valence-corrected chi connectivity index (χ0v) is 12.1. The molecule has 0 bridgehead atoms. The van der Waals surface area contributed by atoms with Crippen LogP contribution in [0.5, 0.6) is 0 Å². The van der Waals surface area contributed by atoms with Gasteiger partial charge in [0.1, 0.15) is 0 Å². The lowest BCUT2D eigenvalue weighted by Crippen LogP contribution is -2.34. The van der Waals surface area contributed by atoms with E-state index >= 15 is 0 Å². The monoisotopic (exact) mass is 260 g/mol. The van der Waals surface area contributed by atoms with Crippen molar-refractivity contribution in [1.82, 2.24) is 0 Å². The highest BCUT2D eigenvalue weighted by atomic mass is 14.0. The fourth-order valence-corrected chi connectivity index (χ4v) is 2.22. The molecule has 0 aliphatic carbocycles. The van der Waals surface area contributed by atoms with E-state index in [0.717, 1.165) is 5.47 Å². The molecule has 100 valence electrons. The van der Waals surface area contributed by atoms with E-state index in [1.807, 2.05) is 43.4 Å². The molecule has 20 heavy (non-hydrogen) atoms. The van der Waals surface area contributed by atoms with Crippen LogP contribution in [0.1, 0.15) is 6.92 Å². The first-order chi connectivity index (χ1) is 9.78. The quantitative estimate of drug-likeness (QED) is 0.501. The van der Waals surface area contributed by atoms with Crippen LogP contribution >= 0.6 is 0 Å². The van der Waals surface area contributed by atoms with Crippen molar-refractivity contribution in [2.24, 2.45) is 0 Å². The molecule has 0 saturated carbocycles. The summed E-state index contributed by atoms with van der Waals surface area (Å²) >= 11 is 0. The molecule has 0 aromatic heterocycles. The summed E-state index contributed by atoms with van der Waals surface area (Å²) in [5.74, 6) is 0. The maximum Gasteiger partial charge on any atom is 0.241 e. The normalized spacial score (nSPS) is 12.2. The van der Waals surface area contributed by atoms with Crippen LogP contribution in [-0.4, -0.2) is 6.71 Å². The Hall–Kier alpha value is -2.28. The summed E-state index contributed by atoms with van der Waals surface area (Å²) in [6.07, 6.45) is 13.7. The Labute approximate surface area is 123 Å². The Balaban J connectivity index is 3.44. The van der Waals surface area contributed by atoms with E-state index < -0.39 is 0 Å². The molecule has 0 nitrogen and oxygen atoms in total. The predicted octanol–water partition coefficient (Wildman–Crippen LogP) is 4.45. The lowest BCUT2D eigenvalue weighted by atomic mass is 9.35. The smallest absolute Gasteiger partial charge is 0.0996 e. The summed E-state index contributed by atoms with van der Waals surface area (Å²) in [6, 6.07) is 10.4. The highest BCUT2D eigenvalue weighted by molar-refractivity contribution is 6.87. The van der Waals surface area contributed by atoms with Crippen molar-refractivity contribution >= 4 is 12.2 Å². The van der Waals surface area contributed by atoms with Crippen LogP contribution in [0.4, 0.5) is 0 Å². The fraction of sp³-hybridized carbons (Fsp3) is 0.0526. The van der Waals surface area contributed by atoms with E-state index in [2.05, 4.69) is 50.1 Å². The molecule has 0 aliphatic heterocycles. The Kier molecular flexibility index (Phi) is 6.91. The molecular formula is C19H21B. The number of allylic oxidation sites excluding steroid dienone is 9. The van der Waals surface area contributed by atoms with Crippen molar-refractivity contribution in [1.29, 1.82) is 0 Å². The van der Waals surface area contributed by atoms with Crippen LogP contribution in [0.15, 0.2) is 104 Å². The van der Waals surface area contributed by atoms with Crippen LogP contribution in [0.25, 0.3) is 0 Å². The zero-order chi connectivity index (χ0) is 14.8. The van der Waals surface area contributed by atoms with Crippen molar-refractivity contribution in [2.75, 3.05) is 0 Å². The van der Waals surface area contributed by atoms with E-state index in [4.69, 9.17) is 0 Å². The Morgan fingerprint density at radius 1 is 0.950 bits per heavy atom. The molecule has 0 atom stereocenters. The number of hydrogen-bond acceptors (Lipinski definition) is 0. The first-order valence-corrected chi connectivity index (χ1v) is 6.73. The minimum atomic E-state index is 0.140. The third kappa shape index (κ3) is 4.13. The molecular weight excluding hydrogens is 239 g/mol. The molecule has 0 heterocycles. The van der Waals surface area contributed by atoms with Crippen LogP contribution < -0.4 is 5.46 Å². The van der Waals surface area contributed by atoms with Gasteiger partial charge in [-0.15, -0.1) is 0 Å². The van der Waals surface area contributed by atoms with E-state index in [-0.39, 0.29) is 6.71 Å². The maximum atomic E-state index is 3.94. The SMILES string of the molecule is C=C/C=C(\C=C)B(C(/C=C\C)=C/C=C)c1ccccc1. The van der Waals surface area contributed by atoms with E-state index in [9.17, 15) is 0 Å². The van der Waals surface area contributed by atoms with Gasteiger partial charge in [-0.3, -0.25) is 0 Å². The molecule has 1 aromatic rings. The van der Waals surface area contributed by atoms with Crippen molar-refractivity contribution in [3.05, 3.63) is 104 Å². The van der Waals surface area contributed by atoms with Crippen molar-refractivity contribution in [3.8, 4) is 0 Å². The van der Waals surface area contributed by atoms with Gasteiger partial charge in [0.2, 0.25) is 6.71 Å². The molecule has 0 saturated heterocycles. The first-order valence-electron chi connectivity index (χ1n) is 6.73. The van der Waals surface area contributed by atoms with Crippen LogP contribution in [0.2, 0.25) is 0 Å². The second-order valence-corrected chi connectivity index (χ2v) is 4.35. The highest BCUT2D eigenvalue weighted by Gasteiger charge is 2.22. The van der Waals surface area contributed by atoms with Gasteiger partial charge in [0.05, 0.1) is 0 Å². The van der Waals surface area contributed by atoms with Crippen molar-refractivity contribution in [2.45, 2.75) is 6.92 Å². The molecule has 0 aliphatic rings. The van der Waals surface area contributed by atoms with Gasteiger partial charge in [-0.05, 0) is 6.92 Å². The molecule has 1 aromatic carbocycles. The standard InChI is InChI=1S/C19H21B/c1-5-12-17(8-4)20(18(13-6-2)14-7-3)19-15-10-9-11-16-19/h5-16H,1-2,4H2,3H3/b14-7-,17-12+,18-13+. The van der Waals surface area contributed by atoms with Gasteiger partial charge in [-0.25, -0.2) is 0 Å². The Morgan fingerprint density at radius 2 is 1.55 bits per heavy atom. The summed E-state index contributed by atoms with van der Waals surface area (Å²) < 4.78 is 0. The van der Waals surface area contributed by atoms with Gasteiger partial charge in [0, 0.05) is 0 Å². The molecule has 0 N–H and O–H groups in total. The first kappa shape index (κ1) is 15.8. The van der Waals surface area contributed by atoms with E-state index in [1.165, 1.54) is 10.9 Å². The van der Waals surface area contributed by atoms with Crippen molar-refractivity contribution < 1.29 is 0 Å². The van der Waals surface area contributed by atoms with Crippen LogP contribution in [0.3, 0.4) is 0 Å². The third-order valence-electron chi connectivity index (χ3n) is 3.01. The van der Waals surface area contributed by atoms with Crippen molar-refractivity contribution in [3.63, 3.8) is 0 Å². The molecule has 0 fully saturated rings. The number of rotatable bonds is 7. The van der Waals surface area contributed by atoms with Crippen LogP contribution in [0, 0.1) is 0 Å². The van der Waals surface area contributed by atoms with Gasteiger partial charge >= 0.3 is 0 Å². The Morgan fingerprint density at radius 3 is 2.05 bits per heavy atom. The molecule has 0 unspecified atom stereocenters. The Bertz CT molecular complexity index is 544. The van der Waals surface area contributed by atoms with Gasteiger partial charge < -0.3 is 0 Å². The average Bonchev–Trinajstić information content (AvgIpc) is 2.48. The van der Waals surface area contributed by atoms with E-state index in [1.54, 1.807) is 6.08 Å². The minimum absolute atomic E-state index is 0.140. The van der Waals surface area contributed by atoms with E-state index in [0.29, 0.717) is 0 Å².